The smallest absolute Gasteiger partial charge is 0.335 e. The monoisotopic (exact) mass is 612 g/mol. The average Bonchev–Trinajstić information content (AvgIpc) is 3.28. The van der Waals surface area contributed by atoms with Crippen LogP contribution in [0.3, 0.4) is 0 Å². The molecule has 12 heteroatoms. The Bertz CT molecular complexity index is 1540. The van der Waals surface area contributed by atoms with Gasteiger partial charge in [-0.1, -0.05) is 38.1 Å². The van der Waals surface area contributed by atoms with E-state index in [2.05, 4.69) is 33.9 Å². The van der Waals surface area contributed by atoms with Gasteiger partial charge in [-0.15, -0.1) is 0 Å². The van der Waals surface area contributed by atoms with Crippen LogP contribution in [0.25, 0.3) is 11.3 Å². The number of ether oxygens (including phenoxy) is 3. The molecule has 2 heterocycles. The Balaban J connectivity index is 1.61. The van der Waals surface area contributed by atoms with Crippen molar-refractivity contribution in [3.63, 3.8) is 0 Å². The van der Waals surface area contributed by atoms with Gasteiger partial charge in [0.25, 0.3) is 10.0 Å². The van der Waals surface area contributed by atoms with Gasteiger partial charge in [0, 0.05) is 24.2 Å². The number of hydrogen-bond acceptors (Lipinski definition) is 9. The van der Waals surface area contributed by atoms with Crippen LogP contribution in [0.5, 0.6) is 5.88 Å². The number of anilines is 1. The highest BCUT2D eigenvalue weighted by atomic mass is 32.2. The minimum Gasteiger partial charge on any atom is -0.478 e. The van der Waals surface area contributed by atoms with Gasteiger partial charge in [0.15, 0.2) is 5.79 Å². The van der Waals surface area contributed by atoms with Gasteiger partial charge in [-0.25, -0.2) is 22.9 Å². The third-order valence-corrected chi connectivity index (χ3v) is 8.27. The van der Waals surface area contributed by atoms with Crippen molar-refractivity contribution in [3.8, 4) is 17.1 Å². The van der Waals surface area contributed by atoms with Crippen molar-refractivity contribution < 1.29 is 32.5 Å². The fourth-order valence-corrected chi connectivity index (χ4v) is 5.98. The van der Waals surface area contributed by atoms with Crippen LogP contribution >= 0.6 is 0 Å². The molecule has 232 valence electrons. The lowest BCUT2D eigenvalue weighted by molar-refractivity contribution is -0.138. The molecule has 11 nitrogen and oxygen atoms in total. The summed E-state index contributed by atoms with van der Waals surface area (Å²) in [5, 5.41) is 12.8. The van der Waals surface area contributed by atoms with Crippen LogP contribution in [0.1, 0.15) is 55.6 Å². The normalized spacial score (nSPS) is 17.1. The van der Waals surface area contributed by atoms with E-state index < -0.39 is 21.8 Å². The number of aromatic nitrogens is 2. The Kier molecular flexibility index (Phi) is 10.1. The number of rotatable bonds is 13. The molecule has 4 rings (SSSR count). The predicted molar refractivity (Wildman–Crippen MR) is 163 cm³/mol. The quantitative estimate of drug-likeness (QED) is 0.246. The third-order valence-electron chi connectivity index (χ3n) is 6.95. The molecule has 1 aromatic heterocycles. The van der Waals surface area contributed by atoms with Crippen LogP contribution < -0.4 is 14.8 Å². The first kappa shape index (κ1) is 32.3. The van der Waals surface area contributed by atoms with Crippen molar-refractivity contribution in [2.75, 3.05) is 24.5 Å². The maximum atomic E-state index is 13.3. The zero-order valence-corrected chi connectivity index (χ0v) is 26.2. The van der Waals surface area contributed by atoms with Crippen LogP contribution in [-0.2, 0) is 19.5 Å². The zero-order valence-electron chi connectivity index (χ0n) is 25.4. The molecular formula is C31H40N4O7S. The molecule has 1 aliphatic rings. The lowest BCUT2D eigenvalue weighted by Gasteiger charge is -2.23. The first-order valence-corrected chi connectivity index (χ1v) is 15.7. The van der Waals surface area contributed by atoms with Crippen molar-refractivity contribution in [1.29, 1.82) is 0 Å². The summed E-state index contributed by atoms with van der Waals surface area (Å²) in [5.41, 5.74) is 3.08. The summed E-state index contributed by atoms with van der Waals surface area (Å²) >= 11 is 0. The van der Waals surface area contributed by atoms with E-state index in [0.29, 0.717) is 24.8 Å². The van der Waals surface area contributed by atoms with E-state index in [1.54, 1.807) is 6.07 Å². The van der Waals surface area contributed by atoms with Crippen LogP contribution in [-0.4, -0.2) is 67.2 Å². The molecule has 43 heavy (non-hydrogen) atoms. The van der Waals surface area contributed by atoms with Crippen LogP contribution in [0.2, 0.25) is 0 Å². The summed E-state index contributed by atoms with van der Waals surface area (Å²) in [7, 11) is -4.21. The highest BCUT2D eigenvalue weighted by molar-refractivity contribution is 7.92. The Morgan fingerprint density at radius 3 is 2.44 bits per heavy atom. The summed E-state index contributed by atoms with van der Waals surface area (Å²) in [6.07, 6.45) is 0.741. The molecular weight excluding hydrogens is 572 g/mol. The summed E-state index contributed by atoms with van der Waals surface area (Å²) in [6, 6.07) is 12.6. The van der Waals surface area contributed by atoms with Gasteiger partial charge < -0.3 is 24.6 Å². The van der Waals surface area contributed by atoms with E-state index in [-0.39, 0.29) is 41.0 Å². The summed E-state index contributed by atoms with van der Waals surface area (Å²) in [4.78, 5) is 20.1. The Morgan fingerprint density at radius 2 is 1.81 bits per heavy atom. The maximum Gasteiger partial charge on any atom is 0.335 e. The molecule has 3 N–H and O–H groups in total. The minimum atomic E-state index is -4.21. The van der Waals surface area contributed by atoms with Crippen molar-refractivity contribution >= 4 is 21.9 Å². The second-order valence-electron chi connectivity index (χ2n) is 11.6. The number of carboxylic acid groups (broad SMARTS) is 1. The first-order chi connectivity index (χ1) is 20.2. The largest absolute Gasteiger partial charge is 0.478 e. The molecule has 1 aliphatic heterocycles. The van der Waals surface area contributed by atoms with Gasteiger partial charge in [-0.05, 0) is 69.4 Å². The van der Waals surface area contributed by atoms with E-state index >= 15 is 0 Å². The molecule has 3 aromatic rings. The van der Waals surface area contributed by atoms with Crippen LogP contribution in [0, 0.1) is 19.8 Å². The topological polar surface area (TPSA) is 149 Å². The highest BCUT2D eigenvalue weighted by Crippen LogP contribution is 2.30. The molecule has 0 spiro atoms. The number of benzene rings is 2. The van der Waals surface area contributed by atoms with Crippen molar-refractivity contribution in [3.05, 3.63) is 65.2 Å². The molecule has 2 atom stereocenters. The van der Waals surface area contributed by atoms with E-state index in [4.69, 9.17) is 14.2 Å². The molecule has 0 aliphatic carbocycles. The third kappa shape index (κ3) is 8.73. The maximum absolute atomic E-state index is 13.3. The average molecular weight is 613 g/mol. The minimum absolute atomic E-state index is 0.0372. The van der Waals surface area contributed by atoms with Gasteiger partial charge in [0.2, 0.25) is 11.8 Å². The molecule has 1 fully saturated rings. The molecule has 1 saturated heterocycles. The number of sulfonamides is 1. The van der Waals surface area contributed by atoms with Gasteiger partial charge in [-0.2, -0.15) is 4.98 Å². The molecule has 0 saturated carbocycles. The Morgan fingerprint density at radius 1 is 1.12 bits per heavy atom. The molecule has 0 bridgehead atoms. The number of aromatic carboxylic acids is 1. The van der Waals surface area contributed by atoms with Crippen molar-refractivity contribution in [2.24, 2.45) is 5.92 Å². The van der Waals surface area contributed by atoms with Gasteiger partial charge in [0.05, 0.1) is 28.9 Å². The Labute approximate surface area is 253 Å². The number of nitrogens with one attached hydrogen (secondary N) is 2. The van der Waals surface area contributed by atoms with Crippen molar-refractivity contribution in [1.82, 2.24) is 15.3 Å². The Hall–Kier alpha value is -3.58. The van der Waals surface area contributed by atoms with Crippen LogP contribution in [0.4, 0.5) is 5.95 Å². The predicted octanol–water partition coefficient (Wildman–Crippen LogP) is 4.79. The zero-order chi connectivity index (χ0) is 31.4. The lowest BCUT2D eigenvalue weighted by Crippen LogP contribution is -2.41. The van der Waals surface area contributed by atoms with E-state index in [1.807, 2.05) is 45.9 Å². The second-order valence-corrected chi connectivity index (χ2v) is 13.3. The summed E-state index contributed by atoms with van der Waals surface area (Å²) in [6.45, 7) is 13.3. The number of hydrogen-bond donors (Lipinski definition) is 3. The second kappa shape index (κ2) is 13.4. The molecule has 0 unspecified atom stereocenters. The van der Waals surface area contributed by atoms with Crippen molar-refractivity contribution in [2.45, 2.75) is 70.8 Å². The van der Waals surface area contributed by atoms with E-state index in [1.165, 1.54) is 18.2 Å². The number of nitrogens with zero attached hydrogens (tertiary/aromatic N) is 2. The van der Waals surface area contributed by atoms with E-state index in [0.717, 1.165) is 29.2 Å². The molecule has 0 radical (unpaired) electrons. The van der Waals surface area contributed by atoms with Gasteiger partial charge in [-0.3, -0.25) is 0 Å². The lowest BCUT2D eigenvalue weighted by atomic mass is 10.00. The van der Waals surface area contributed by atoms with Gasteiger partial charge in [0.1, 0.15) is 6.61 Å². The van der Waals surface area contributed by atoms with Crippen LogP contribution in [0.15, 0.2) is 53.4 Å². The molecule has 0 amide bonds. The first-order valence-electron chi connectivity index (χ1n) is 14.2. The highest BCUT2D eigenvalue weighted by Gasteiger charge is 2.32. The van der Waals surface area contributed by atoms with E-state index in [9.17, 15) is 18.3 Å². The number of aryl methyl sites for hydroxylation is 2. The number of carbonyl (C=O) groups is 1. The molecule has 2 aromatic carbocycles. The standard InChI is InChI=1S/C31H40N4O7S/c1-19(2)13-23(32-16-24-18-41-31(5,6)42-24)17-40-27-15-26(28-20(3)9-7-10-21(28)4)33-30(34-27)35-43(38,39)25-12-8-11-22(14-25)29(36)37/h7-12,14-15,19,23-24,32H,13,16-18H2,1-6H3,(H,36,37)(H,33,34,35)/t23-,24-/m1/s1. The fourth-order valence-electron chi connectivity index (χ4n) is 4.99. The SMILES string of the molecule is Cc1cccc(C)c1-c1cc(OC[C@@H](CC(C)C)NC[C@@H]2COC(C)(C)O2)nc(NS(=O)(=O)c2cccc(C(=O)O)c2)n1. The summed E-state index contributed by atoms with van der Waals surface area (Å²) in [5.74, 6) is -1.45. The number of carboxylic acids is 1. The van der Waals surface area contributed by atoms with Gasteiger partial charge >= 0.3 is 5.97 Å². The fraction of sp³-hybridized carbons (Fsp3) is 0.452. The summed E-state index contributed by atoms with van der Waals surface area (Å²) < 4.78 is 46.7.